The lowest BCUT2D eigenvalue weighted by Gasteiger charge is -2.15. The van der Waals surface area contributed by atoms with Gasteiger partial charge in [0.2, 0.25) is 10.0 Å². The lowest BCUT2D eigenvalue weighted by Crippen LogP contribution is -2.35. The van der Waals surface area contributed by atoms with E-state index in [4.69, 9.17) is 16.3 Å². The summed E-state index contributed by atoms with van der Waals surface area (Å²) in [5.74, 6) is -1.46. The molecule has 11 heteroatoms. The third-order valence-corrected chi connectivity index (χ3v) is 6.88. The van der Waals surface area contributed by atoms with Gasteiger partial charge in [0.1, 0.15) is 11.4 Å². The molecule has 2 aromatic rings. The van der Waals surface area contributed by atoms with E-state index in [0.717, 1.165) is 4.31 Å². The molecule has 1 aliphatic rings. The molecule has 0 spiro atoms. The van der Waals surface area contributed by atoms with Crippen molar-refractivity contribution in [2.75, 3.05) is 26.0 Å². The summed E-state index contributed by atoms with van der Waals surface area (Å²) in [6.45, 7) is 3.45. The highest BCUT2D eigenvalue weighted by Gasteiger charge is 2.27. The number of carbonyl (C=O) groups excluding carboxylic acids is 2. The molecule has 0 aliphatic carbocycles. The number of ether oxygens (including phenoxy) is 1. The monoisotopic (exact) mass is 490 g/mol. The summed E-state index contributed by atoms with van der Waals surface area (Å²) in [7, 11) is -1.03. The van der Waals surface area contributed by atoms with Crippen LogP contribution in [0.4, 0.5) is 11.4 Å². The summed E-state index contributed by atoms with van der Waals surface area (Å²) in [6, 6.07) is 10.9. The molecule has 33 heavy (non-hydrogen) atoms. The molecule has 0 saturated heterocycles. The quantitative estimate of drug-likeness (QED) is 0.621. The highest BCUT2D eigenvalue weighted by molar-refractivity contribution is 7.89. The first-order chi connectivity index (χ1) is 15.6. The Morgan fingerprint density at radius 1 is 1.18 bits per heavy atom. The number of para-hydroxylation sites is 2. The van der Waals surface area contributed by atoms with Gasteiger partial charge in [-0.25, -0.2) is 22.5 Å². The molecule has 2 aromatic carbocycles. The molecule has 9 nitrogen and oxygen atoms in total. The Bertz CT molecular complexity index is 1290. The highest BCUT2D eigenvalue weighted by Crippen LogP contribution is 2.30. The maximum Gasteiger partial charge on any atom is 0.343 e. The SMILES string of the molecule is CCOC(=O)C1=C(C)Nc2ccccc2N=C1NC(=O)c1cc(S(=O)(=O)N(C)C)ccc1Cl. The fraction of sp³-hybridized carbons (Fsp3) is 0.227. The van der Waals surface area contributed by atoms with Crippen LogP contribution in [0.5, 0.6) is 0 Å². The van der Waals surface area contributed by atoms with Crippen LogP contribution in [0, 0.1) is 0 Å². The average Bonchev–Trinajstić information content (AvgIpc) is 2.88. The highest BCUT2D eigenvalue weighted by atomic mass is 35.5. The van der Waals surface area contributed by atoms with Gasteiger partial charge < -0.3 is 15.4 Å². The second-order valence-corrected chi connectivity index (χ2v) is 9.77. The molecule has 2 N–H and O–H groups in total. The van der Waals surface area contributed by atoms with Crippen molar-refractivity contribution < 1.29 is 22.7 Å². The van der Waals surface area contributed by atoms with E-state index in [0.29, 0.717) is 17.1 Å². The smallest absolute Gasteiger partial charge is 0.343 e. The van der Waals surface area contributed by atoms with E-state index in [1.807, 2.05) is 0 Å². The lowest BCUT2D eigenvalue weighted by molar-refractivity contribution is -0.137. The van der Waals surface area contributed by atoms with Gasteiger partial charge in [-0.05, 0) is 44.2 Å². The van der Waals surface area contributed by atoms with Crippen LogP contribution in [0.2, 0.25) is 5.02 Å². The van der Waals surface area contributed by atoms with Crippen LogP contribution in [0.25, 0.3) is 0 Å². The first-order valence-electron chi connectivity index (χ1n) is 9.92. The van der Waals surface area contributed by atoms with Crippen LogP contribution < -0.4 is 10.6 Å². The van der Waals surface area contributed by atoms with Crippen molar-refractivity contribution in [3.05, 3.63) is 64.3 Å². The topological polar surface area (TPSA) is 117 Å². The number of esters is 1. The van der Waals surface area contributed by atoms with E-state index >= 15 is 0 Å². The molecule has 0 bridgehead atoms. The fourth-order valence-corrected chi connectivity index (χ4v) is 4.20. The van der Waals surface area contributed by atoms with E-state index in [1.165, 1.54) is 32.3 Å². The normalized spacial score (nSPS) is 13.6. The van der Waals surface area contributed by atoms with Gasteiger partial charge in [-0.3, -0.25) is 4.79 Å². The number of nitrogens with zero attached hydrogens (tertiary/aromatic N) is 2. The number of allylic oxidation sites excluding steroid dienone is 1. The van der Waals surface area contributed by atoms with Crippen LogP contribution >= 0.6 is 11.6 Å². The van der Waals surface area contributed by atoms with Crippen molar-refractivity contribution in [3.63, 3.8) is 0 Å². The Morgan fingerprint density at radius 2 is 1.88 bits per heavy atom. The molecule has 1 heterocycles. The zero-order valence-electron chi connectivity index (χ0n) is 18.5. The van der Waals surface area contributed by atoms with Gasteiger partial charge in [0.15, 0.2) is 0 Å². The zero-order chi connectivity index (χ0) is 24.3. The second-order valence-electron chi connectivity index (χ2n) is 7.21. The fourth-order valence-electron chi connectivity index (χ4n) is 3.06. The number of hydrogen-bond acceptors (Lipinski definition) is 7. The van der Waals surface area contributed by atoms with Crippen LogP contribution in [-0.4, -0.2) is 51.1 Å². The molecule has 0 atom stereocenters. The number of sulfonamides is 1. The molecule has 0 radical (unpaired) electrons. The van der Waals surface area contributed by atoms with E-state index < -0.39 is 21.9 Å². The van der Waals surface area contributed by atoms with Crippen LogP contribution in [-0.2, 0) is 19.6 Å². The Labute approximate surface area is 197 Å². The van der Waals surface area contributed by atoms with Crippen molar-refractivity contribution in [2.45, 2.75) is 18.7 Å². The second kappa shape index (κ2) is 9.74. The van der Waals surface area contributed by atoms with Crippen molar-refractivity contribution in [3.8, 4) is 0 Å². The van der Waals surface area contributed by atoms with E-state index in [2.05, 4.69) is 15.6 Å². The number of rotatable bonds is 5. The summed E-state index contributed by atoms with van der Waals surface area (Å²) in [5.41, 5.74) is 1.50. The molecule has 1 amide bonds. The minimum Gasteiger partial charge on any atom is -0.462 e. The van der Waals surface area contributed by atoms with Gasteiger partial charge in [-0.1, -0.05) is 23.7 Å². The number of fused-ring (bicyclic) bond motifs is 1. The first-order valence-corrected chi connectivity index (χ1v) is 11.7. The van der Waals surface area contributed by atoms with Crippen molar-refractivity contribution in [1.29, 1.82) is 0 Å². The van der Waals surface area contributed by atoms with Gasteiger partial charge in [0, 0.05) is 19.8 Å². The number of aliphatic imine (C=N–C) groups is 1. The molecular formula is C22H23ClN4O5S. The molecule has 0 aromatic heterocycles. The summed E-state index contributed by atoms with van der Waals surface area (Å²) < 4.78 is 31.2. The Balaban J connectivity index is 2.08. The number of nitrogens with one attached hydrogen (secondary N) is 2. The third kappa shape index (κ3) is 5.08. The molecule has 1 aliphatic heterocycles. The molecule has 3 rings (SSSR count). The third-order valence-electron chi connectivity index (χ3n) is 4.74. The van der Waals surface area contributed by atoms with Gasteiger partial charge in [-0.15, -0.1) is 0 Å². The average molecular weight is 491 g/mol. The van der Waals surface area contributed by atoms with Crippen molar-refractivity contribution >= 4 is 50.7 Å². The number of amidine groups is 1. The minimum atomic E-state index is -3.80. The Hall–Kier alpha value is -3.21. The number of benzene rings is 2. The number of carbonyl (C=O) groups is 2. The first kappa shape index (κ1) is 24.4. The summed E-state index contributed by atoms with van der Waals surface area (Å²) >= 11 is 6.20. The number of amides is 1. The number of hydrogen-bond donors (Lipinski definition) is 2. The largest absolute Gasteiger partial charge is 0.462 e. The van der Waals surface area contributed by atoms with Gasteiger partial charge in [-0.2, -0.15) is 0 Å². The van der Waals surface area contributed by atoms with Crippen LogP contribution in [0.1, 0.15) is 24.2 Å². The van der Waals surface area contributed by atoms with Gasteiger partial charge in [0.05, 0.1) is 33.5 Å². The summed E-state index contributed by atoms with van der Waals surface area (Å²) in [5, 5.41) is 5.75. The van der Waals surface area contributed by atoms with Gasteiger partial charge in [0.25, 0.3) is 5.91 Å². The van der Waals surface area contributed by atoms with Crippen molar-refractivity contribution in [1.82, 2.24) is 9.62 Å². The Kier molecular flexibility index (Phi) is 7.21. The maximum absolute atomic E-state index is 13.2. The van der Waals surface area contributed by atoms with E-state index in [-0.39, 0.29) is 33.5 Å². The Morgan fingerprint density at radius 3 is 2.55 bits per heavy atom. The minimum absolute atomic E-state index is 0.0367. The van der Waals surface area contributed by atoms with E-state index in [1.54, 1.807) is 38.1 Å². The predicted octanol–water partition coefficient (Wildman–Crippen LogP) is 3.31. The molecule has 174 valence electrons. The van der Waals surface area contributed by atoms with Crippen LogP contribution in [0.3, 0.4) is 0 Å². The van der Waals surface area contributed by atoms with Crippen molar-refractivity contribution in [2.24, 2.45) is 4.99 Å². The molecular weight excluding hydrogens is 468 g/mol. The zero-order valence-corrected chi connectivity index (χ0v) is 20.0. The lowest BCUT2D eigenvalue weighted by atomic mass is 10.1. The molecule has 0 unspecified atom stereocenters. The maximum atomic E-state index is 13.2. The van der Waals surface area contributed by atoms with Gasteiger partial charge >= 0.3 is 5.97 Å². The predicted molar refractivity (Wildman–Crippen MR) is 126 cm³/mol. The van der Waals surface area contributed by atoms with Crippen LogP contribution in [0.15, 0.2) is 63.6 Å². The van der Waals surface area contributed by atoms with E-state index in [9.17, 15) is 18.0 Å². The standard InChI is InChI=1S/C22H23ClN4O5S/c1-5-32-22(29)19-13(2)24-17-8-6-7-9-18(17)25-20(19)26-21(28)15-12-14(10-11-16(15)23)33(30,31)27(3)4/h6-12,24H,5H2,1-4H3,(H,25,26,28). The molecule has 0 fully saturated rings. The summed E-state index contributed by atoms with van der Waals surface area (Å²) in [6.07, 6.45) is 0. The number of anilines is 1. The summed E-state index contributed by atoms with van der Waals surface area (Å²) in [4.78, 5) is 30.2. The molecule has 0 saturated carbocycles. The number of halogens is 1.